The molecule has 144 valence electrons. The van der Waals surface area contributed by atoms with Gasteiger partial charge in [-0.1, -0.05) is 30.3 Å². The predicted molar refractivity (Wildman–Crippen MR) is 112 cm³/mol. The number of rotatable bonds is 5. The van der Waals surface area contributed by atoms with Crippen molar-refractivity contribution in [2.45, 2.75) is 13.5 Å². The maximum Gasteiger partial charge on any atom is 0.254 e. The molecule has 4 nitrogen and oxygen atoms in total. The first-order chi connectivity index (χ1) is 14.2. The van der Waals surface area contributed by atoms with E-state index in [1.165, 1.54) is 12.1 Å². The van der Waals surface area contributed by atoms with Crippen molar-refractivity contribution in [3.63, 3.8) is 0 Å². The average Bonchev–Trinajstić information content (AvgIpc) is 2.77. The molecule has 5 heteroatoms. The lowest BCUT2D eigenvalue weighted by atomic mass is 10.0. The molecule has 0 fully saturated rings. The third-order valence-electron chi connectivity index (χ3n) is 4.84. The van der Waals surface area contributed by atoms with Crippen LogP contribution in [0.2, 0.25) is 0 Å². The fourth-order valence-corrected chi connectivity index (χ4v) is 3.37. The first-order valence-electron chi connectivity index (χ1n) is 9.49. The monoisotopic (exact) mass is 385 g/mol. The van der Waals surface area contributed by atoms with Crippen LogP contribution in [-0.2, 0) is 6.54 Å². The van der Waals surface area contributed by atoms with Crippen molar-refractivity contribution < 1.29 is 9.18 Å². The Balaban J connectivity index is 1.77. The van der Waals surface area contributed by atoms with Crippen LogP contribution in [0.4, 0.5) is 4.39 Å². The van der Waals surface area contributed by atoms with Crippen LogP contribution in [0.5, 0.6) is 0 Å². The second kappa shape index (κ2) is 8.19. The maximum absolute atomic E-state index is 13.6. The molecule has 0 saturated carbocycles. The molecule has 0 N–H and O–H groups in total. The van der Waals surface area contributed by atoms with Crippen LogP contribution in [0.15, 0.2) is 79.1 Å². The normalized spacial score (nSPS) is 10.8. The topological polar surface area (TPSA) is 46.1 Å². The molecule has 0 aliphatic rings. The number of para-hydroxylation sites is 1. The molecule has 0 aliphatic heterocycles. The third kappa shape index (κ3) is 3.99. The Morgan fingerprint density at radius 3 is 2.66 bits per heavy atom. The van der Waals surface area contributed by atoms with Gasteiger partial charge in [0.25, 0.3) is 5.91 Å². The second-order valence-electron chi connectivity index (χ2n) is 6.76. The van der Waals surface area contributed by atoms with Gasteiger partial charge in [-0.05, 0) is 48.9 Å². The zero-order valence-electron chi connectivity index (χ0n) is 16.0. The van der Waals surface area contributed by atoms with Crippen molar-refractivity contribution in [2.75, 3.05) is 6.54 Å². The second-order valence-corrected chi connectivity index (χ2v) is 6.76. The Morgan fingerprint density at radius 2 is 1.90 bits per heavy atom. The van der Waals surface area contributed by atoms with Crippen LogP contribution in [0.25, 0.3) is 22.2 Å². The van der Waals surface area contributed by atoms with E-state index in [-0.39, 0.29) is 11.7 Å². The highest BCUT2D eigenvalue weighted by Crippen LogP contribution is 2.26. The van der Waals surface area contributed by atoms with E-state index >= 15 is 0 Å². The van der Waals surface area contributed by atoms with Crippen LogP contribution in [0, 0.1) is 5.82 Å². The quantitative estimate of drug-likeness (QED) is 0.480. The number of benzene rings is 2. The number of aromatic nitrogens is 2. The van der Waals surface area contributed by atoms with E-state index in [1.54, 1.807) is 23.4 Å². The van der Waals surface area contributed by atoms with Crippen LogP contribution in [0.1, 0.15) is 22.8 Å². The molecule has 1 amide bonds. The average molecular weight is 385 g/mol. The molecule has 2 heterocycles. The number of hydrogen-bond acceptors (Lipinski definition) is 3. The van der Waals surface area contributed by atoms with Gasteiger partial charge in [-0.3, -0.25) is 9.78 Å². The Morgan fingerprint density at radius 1 is 1.03 bits per heavy atom. The summed E-state index contributed by atoms with van der Waals surface area (Å²) in [5.74, 6) is -0.417. The number of nitrogens with zero attached hydrogens (tertiary/aromatic N) is 3. The number of halogens is 1. The van der Waals surface area contributed by atoms with E-state index < -0.39 is 0 Å². The summed E-state index contributed by atoms with van der Waals surface area (Å²) < 4.78 is 13.6. The van der Waals surface area contributed by atoms with Crippen LogP contribution < -0.4 is 0 Å². The summed E-state index contributed by atoms with van der Waals surface area (Å²) in [6.45, 7) is 2.77. The van der Waals surface area contributed by atoms with Crippen molar-refractivity contribution in [1.29, 1.82) is 0 Å². The number of hydrogen-bond donors (Lipinski definition) is 0. The zero-order valence-corrected chi connectivity index (χ0v) is 16.0. The minimum atomic E-state index is -0.306. The van der Waals surface area contributed by atoms with Gasteiger partial charge in [-0.15, -0.1) is 0 Å². The molecule has 4 aromatic rings. The Bertz CT molecular complexity index is 1160. The van der Waals surface area contributed by atoms with E-state index in [0.29, 0.717) is 24.3 Å². The zero-order chi connectivity index (χ0) is 20.2. The standard InChI is InChI=1S/C24H20FN3O/c1-2-28(16-17-7-5-9-19(25)13-17)24(29)21-14-23(18-8-6-12-26-15-18)27-22-11-4-3-10-20(21)22/h3-15H,2,16H2,1H3. The first kappa shape index (κ1) is 18.7. The molecule has 2 aromatic heterocycles. The molecular formula is C24H20FN3O. The van der Waals surface area contributed by atoms with Gasteiger partial charge >= 0.3 is 0 Å². The van der Waals surface area contributed by atoms with E-state index in [4.69, 9.17) is 4.98 Å². The summed E-state index contributed by atoms with van der Waals surface area (Å²) in [5.41, 5.74) is 3.63. The highest BCUT2D eigenvalue weighted by Gasteiger charge is 2.19. The number of pyridine rings is 2. The van der Waals surface area contributed by atoms with Gasteiger partial charge in [0, 0.05) is 36.4 Å². The Hall–Kier alpha value is -3.60. The molecule has 0 unspecified atom stereocenters. The highest BCUT2D eigenvalue weighted by atomic mass is 19.1. The van der Waals surface area contributed by atoms with Gasteiger partial charge in [0.2, 0.25) is 0 Å². The molecule has 0 atom stereocenters. The van der Waals surface area contributed by atoms with E-state index in [1.807, 2.05) is 55.5 Å². The highest BCUT2D eigenvalue weighted by molar-refractivity contribution is 6.07. The first-order valence-corrected chi connectivity index (χ1v) is 9.49. The SMILES string of the molecule is CCN(Cc1cccc(F)c1)C(=O)c1cc(-c2cccnc2)nc2ccccc12. The third-order valence-corrected chi connectivity index (χ3v) is 4.84. The summed E-state index contributed by atoms with van der Waals surface area (Å²) in [6.07, 6.45) is 3.43. The number of carbonyl (C=O) groups is 1. The Labute approximate surface area is 168 Å². The fourth-order valence-electron chi connectivity index (χ4n) is 3.37. The smallest absolute Gasteiger partial charge is 0.254 e. The van der Waals surface area contributed by atoms with Gasteiger partial charge in [0.1, 0.15) is 5.82 Å². The van der Waals surface area contributed by atoms with Gasteiger partial charge in [-0.25, -0.2) is 9.37 Å². The van der Waals surface area contributed by atoms with Crippen molar-refractivity contribution in [1.82, 2.24) is 14.9 Å². The molecule has 0 radical (unpaired) electrons. The van der Waals surface area contributed by atoms with Crippen molar-refractivity contribution in [3.05, 3.63) is 96.1 Å². The summed E-state index contributed by atoms with van der Waals surface area (Å²) in [7, 11) is 0. The lowest BCUT2D eigenvalue weighted by molar-refractivity contribution is 0.0754. The number of amides is 1. The number of carbonyl (C=O) groups excluding carboxylic acids is 1. The molecule has 0 bridgehead atoms. The Kier molecular flexibility index (Phi) is 5.29. The van der Waals surface area contributed by atoms with E-state index in [0.717, 1.165) is 22.0 Å². The molecule has 0 spiro atoms. The van der Waals surface area contributed by atoms with Crippen molar-refractivity contribution >= 4 is 16.8 Å². The fraction of sp³-hybridized carbons (Fsp3) is 0.125. The van der Waals surface area contributed by atoms with Crippen molar-refractivity contribution in [3.8, 4) is 11.3 Å². The lowest BCUT2D eigenvalue weighted by Gasteiger charge is -2.22. The molecule has 2 aromatic carbocycles. The van der Waals surface area contributed by atoms with Gasteiger partial charge in [0.05, 0.1) is 16.8 Å². The van der Waals surface area contributed by atoms with Gasteiger partial charge in [-0.2, -0.15) is 0 Å². The van der Waals surface area contributed by atoms with Crippen LogP contribution in [0.3, 0.4) is 0 Å². The van der Waals surface area contributed by atoms with Crippen LogP contribution in [-0.4, -0.2) is 27.3 Å². The summed E-state index contributed by atoms with van der Waals surface area (Å²) in [5, 5.41) is 0.794. The molecule has 0 saturated heterocycles. The molecule has 4 rings (SSSR count). The van der Waals surface area contributed by atoms with Crippen LogP contribution >= 0.6 is 0 Å². The summed E-state index contributed by atoms with van der Waals surface area (Å²) in [4.78, 5) is 24.0. The van der Waals surface area contributed by atoms with Gasteiger partial charge in [0.15, 0.2) is 0 Å². The van der Waals surface area contributed by atoms with E-state index in [2.05, 4.69) is 4.98 Å². The number of fused-ring (bicyclic) bond motifs is 1. The summed E-state index contributed by atoms with van der Waals surface area (Å²) >= 11 is 0. The minimum Gasteiger partial charge on any atom is -0.335 e. The maximum atomic E-state index is 13.6. The largest absolute Gasteiger partial charge is 0.335 e. The molecule has 0 aliphatic carbocycles. The van der Waals surface area contributed by atoms with Gasteiger partial charge < -0.3 is 4.90 Å². The lowest BCUT2D eigenvalue weighted by Crippen LogP contribution is -2.30. The molecule has 29 heavy (non-hydrogen) atoms. The van der Waals surface area contributed by atoms with E-state index in [9.17, 15) is 9.18 Å². The molecular weight excluding hydrogens is 365 g/mol. The minimum absolute atomic E-state index is 0.111. The van der Waals surface area contributed by atoms with Crippen molar-refractivity contribution in [2.24, 2.45) is 0 Å². The summed E-state index contributed by atoms with van der Waals surface area (Å²) in [6, 6.07) is 19.5. The predicted octanol–water partition coefficient (Wildman–Crippen LogP) is 5.10.